The lowest BCUT2D eigenvalue weighted by Gasteiger charge is -2.61. The van der Waals surface area contributed by atoms with E-state index in [9.17, 15) is 64.5 Å². The number of piperidine rings is 2. The molecule has 2 unspecified atom stereocenters. The molecular weight excluding hydrogens is 1090 g/mol. The Bertz CT molecular complexity index is 3400. The number of nitrogens with zero attached hydrogens (tertiary/aromatic N) is 2. The number of likely N-dealkylation sites (N-methyl/N-ethyl adjacent to an activating group) is 2. The van der Waals surface area contributed by atoms with Crippen LogP contribution in [0.4, 0.5) is 0 Å². The Kier molecular flexibility index (Phi) is 14.7. The summed E-state index contributed by atoms with van der Waals surface area (Å²) in [4.78, 5) is 81.2. The van der Waals surface area contributed by atoms with Crippen molar-refractivity contribution in [2.75, 3.05) is 27.2 Å². The maximum Gasteiger partial charge on any atom is 0.329 e. The van der Waals surface area contributed by atoms with E-state index in [0.717, 1.165) is 22.3 Å². The van der Waals surface area contributed by atoms with Gasteiger partial charge in [0.05, 0.1) is 34.9 Å². The fourth-order valence-electron chi connectivity index (χ4n) is 14.4. The molecule has 12 rings (SSSR count). The van der Waals surface area contributed by atoms with Crippen LogP contribution in [-0.2, 0) is 66.6 Å². The van der Waals surface area contributed by atoms with Crippen LogP contribution in [0.5, 0.6) is 23.0 Å². The number of phenols is 2. The zero-order chi connectivity index (χ0) is 60.0. The van der Waals surface area contributed by atoms with Gasteiger partial charge in [0, 0.05) is 36.1 Å². The SMILES string of the molecule is CN1CC[C@]23c4c5ccc(O)c4O[C@H]2C(OC(=O)C[C@H](NC(=O)[C@@H](O)c2ccccc2)C(=O)O)=CC[C@@]3(O)C1C5.CN1CC[C@]23c4c5ccc(O)c4O[C@H]2C(OC(=O)C[C@H](NC(=O)[C@@H](O)c2ccccc2)C(=O)OC(C)(C)C)=CC[C@@]3(O)C1C5. The smallest absolute Gasteiger partial charge is 0.329 e. The molecule has 4 bridgehead atoms. The van der Waals surface area contributed by atoms with Crippen molar-refractivity contribution in [1.29, 1.82) is 0 Å². The standard InChI is InChI=1S/C33H38N2O9.C29H30N2O9/c1-31(2,3)44-30(40)20(34-29(39)26(38)18-8-6-5-7-9-18)17-24(37)42-22-12-13-33(41)23-16-19-10-11-21(36)27-25(19)32(33,28(22)43-27)14-15-35(23)4;1-31-12-11-28-22-16-7-8-18(32)24(22)40-25(28)19(9-10-29(28,38)20(31)13-16)39-21(33)14-17(27(36)37)30-26(35)23(34)15-5-3-2-4-6-15/h5-12,20,23,26,28,36,38,41H,13-17H2,1-4H3,(H,34,39);2-9,17,20,23,25,32,34,38H,10-14H2,1H3,(H,30,35)(H,36,37)/t20-,23?,26-,28-,32-,33+;17-,20?,23-,25-,28-,29+/m00/s1. The zero-order valence-corrected chi connectivity index (χ0v) is 46.9. The van der Waals surface area contributed by atoms with Crippen LogP contribution in [0.25, 0.3) is 0 Å². The van der Waals surface area contributed by atoms with Crippen LogP contribution in [0.3, 0.4) is 0 Å². The molecule has 4 heterocycles. The average molecular weight is 1160 g/mol. The number of aliphatic hydroxyl groups is 4. The number of nitrogens with one attached hydrogen (secondary N) is 2. The fraction of sp³-hybridized carbons (Fsp3) is 0.452. The van der Waals surface area contributed by atoms with E-state index in [1.165, 1.54) is 12.1 Å². The van der Waals surface area contributed by atoms with E-state index in [2.05, 4.69) is 20.4 Å². The number of phenolic OH excluding ortho intramolecular Hbond substituents is 2. The minimum Gasteiger partial charge on any atom is -0.504 e. The third-order valence-corrected chi connectivity index (χ3v) is 18.3. The molecule has 9 N–H and O–H groups in total. The molecular formula is C62H68N4O18. The number of carbonyl (C=O) groups is 6. The molecule has 444 valence electrons. The molecule has 4 aromatic carbocycles. The van der Waals surface area contributed by atoms with Gasteiger partial charge in [-0.25, -0.2) is 9.59 Å². The third-order valence-electron chi connectivity index (χ3n) is 18.3. The average Bonchev–Trinajstić information content (AvgIpc) is 1.41. The summed E-state index contributed by atoms with van der Waals surface area (Å²) in [6.45, 7) is 6.29. The van der Waals surface area contributed by atoms with Gasteiger partial charge in [0.25, 0.3) is 11.8 Å². The Labute approximate surface area is 483 Å². The Balaban J connectivity index is 0.000000176. The molecule has 84 heavy (non-hydrogen) atoms. The number of carboxylic acid groups (broad SMARTS) is 1. The normalized spacial score (nSPS) is 28.7. The van der Waals surface area contributed by atoms with Gasteiger partial charge in [0.15, 0.2) is 47.4 Å². The van der Waals surface area contributed by atoms with Crippen molar-refractivity contribution >= 4 is 35.7 Å². The van der Waals surface area contributed by atoms with Gasteiger partial charge in [-0.2, -0.15) is 0 Å². The van der Waals surface area contributed by atoms with Gasteiger partial charge >= 0.3 is 23.9 Å². The molecule has 0 aromatic heterocycles. The minimum absolute atomic E-state index is 0.0531. The second-order valence-electron chi connectivity index (χ2n) is 24.2. The molecule has 22 nitrogen and oxygen atoms in total. The van der Waals surface area contributed by atoms with E-state index in [1.54, 1.807) is 93.6 Å². The van der Waals surface area contributed by atoms with Crippen molar-refractivity contribution in [3.8, 4) is 23.0 Å². The number of carboxylic acids is 1. The predicted molar refractivity (Wildman–Crippen MR) is 295 cm³/mol. The molecule has 2 amide bonds. The van der Waals surface area contributed by atoms with Crippen LogP contribution in [-0.4, -0.2) is 162 Å². The number of ether oxygens (including phenoxy) is 5. The molecule has 4 aliphatic heterocycles. The Morgan fingerprint density at radius 3 is 1.44 bits per heavy atom. The van der Waals surface area contributed by atoms with Gasteiger partial charge in [-0.1, -0.05) is 72.8 Å². The lowest BCUT2D eigenvalue weighted by molar-refractivity contribution is -0.170. The van der Waals surface area contributed by atoms with E-state index in [1.807, 2.05) is 26.2 Å². The van der Waals surface area contributed by atoms with Crippen molar-refractivity contribution in [1.82, 2.24) is 20.4 Å². The Hall–Kier alpha value is -7.86. The van der Waals surface area contributed by atoms with Crippen molar-refractivity contribution < 1.29 is 88.2 Å². The predicted octanol–water partition coefficient (Wildman–Crippen LogP) is 3.07. The number of aliphatic carboxylic acids is 1. The number of aromatic hydroxyl groups is 2. The number of rotatable bonds is 14. The Morgan fingerprint density at radius 2 is 1.04 bits per heavy atom. The van der Waals surface area contributed by atoms with Crippen LogP contribution >= 0.6 is 0 Å². The van der Waals surface area contributed by atoms with E-state index in [-0.39, 0.29) is 65.0 Å². The van der Waals surface area contributed by atoms with Gasteiger partial charge < -0.3 is 79.9 Å². The quantitative estimate of drug-likeness (QED) is 0.0647. The number of aliphatic hydroxyl groups excluding tert-OH is 2. The molecule has 2 fully saturated rings. The van der Waals surface area contributed by atoms with Crippen LogP contribution in [0, 0.1) is 0 Å². The number of hydrogen-bond acceptors (Lipinski definition) is 19. The molecule has 4 aliphatic carbocycles. The van der Waals surface area contributed by atoms with Crippen molar-refractivity contribution in [3.05, 3.63) is 142 Å². The van der Waals surface area contributed by atoms with E-state index in [4.69, 9.17) is 23.7 Å². The number of amides is 2. The largest absolute Gasteiger partial charge is 0.504 e. The number of likely N-dealkylation sites (tertiary alicyclic amines) is 2. The first-order valence-corrected chi connectivity index (χ1v) is 28.0. The van der Waals surface area contributed by atoms with Crippen molar-refractivity contribution in [2.24, 2.45) is 0 Å². The summed E-state index contributed by atoms with van der Waals surface area (Å²) in [6, 6.07) is 19.5. The molecule has 0 radical (unpaired) electrons. The fourth-order valence-corrected chi connectivity index (χ4v) is 14.4. The highest BCUT2D eigenvalue weighted by Crippen LogP contribution is 2.67. The van der Waals surface area contributed by atoms with Crippen molar-refractivity contribution in [3.63, 3.8) is 0 Å². The van der Waals surface area contributed by atoms with Gasteiger partial charge in [-0.15, -0.1) is 0 Å². The molecule has 4 aromatic rings. The molecule has 12 atom stereocenters. The molecule has 2 saturated heterocycles. The van der Waals surface area contributed by atoms with Gasteiger partial charge in [-0.05, 0) is 120 Å². The summed E-state index contributed by atoms with van der Waals surface area (Å²) in [7, 11) is 3.94. The lowest BCUT2D eigenvalue weighted by atomic mass is 9.50. The summed E-state index contributed by atoms with van der Waals surface area (Å²) in [5, 5.41) is 81.0. The molecule has 8 aliphatic rings. The van der Waals surface area contributed by atoms with E-state index >= 15 is 0 Å². The van der Waals surface area contributed by atoms with E-state index in [0.29, 0.717) is 44.3 Å². The summed E-state index contributed by atoms with van der Waals surface area (Å²) in [5.41, 5.74) is -1.29. The highest BCUT2D eigenvalue weighted by molar-refractivity contribution is 5.91. The topological polar surface area (TPSA) is 321 Å². The second-order valence-corrected chi connectivity index (χ2v) is 24.2. The highest BCUT2D eigenvalue weighted by Gasteiger charge is 2.73. The van der Waals surface area contributed by atoms with Crippen LogP contribution in [0.1, 0.15) is 105 Å². The first kappa shape index (κ1) is 57.9. The first-order valence-electron chi connectivity index (χ1n) is 28.0. The number of benzene rings is 4. The maximum atomic E-state index is 13.4. The summed E-state index contributed by atoms with van der Waals surface area (Å²) >= 11 is 0. The van der Waals surface area contributed by atoms with Crippen LogP contribution in [0.2, 0.25) is 0 Å². The first-order chi connectivity index (χ1) is 39.8. The van der Waals surface area contributed by atoms with Gasteiger partial charge in [-0.3, -0.25) is 19.2 Å². The summed E-state index contributed by atoms with van der Waals surface area (Å²) in [5.74, 6) is -5.23. The second kappa shape index (κ2) is 21.3. The minimum atomic E-state index is -1.66. The van der Waals surface area contributed by atoms with Gasteiger partial charge in [0.2, 0.25) is 0 Å². The third kappa shape index (κ3) is 9.42. The number of hydrogen-bond donors (Lipinski definition) is 9. The monoisotopic (exact) mass is 1160 g/mol. The summed E-state index contributed by atoms with van der Waals surface area (Å²) in [6.07, 6.45) is -0.544. The highest BCUT2D eigenvalue weighted by atomic mass is 16.6. The number of esters is 3. The lowest BCUT2D eigenvalue weighted by Crippen LogP contribution is -2.74. The zero-order valence-electron chi connectivity index (χ0n) is 46.9. The Morgan fingerprint density at radius 1 is 0.631 bits per heavy atom. The molecule has 0 saturated carbocycles. The number of carbonyl (C=O) groups excluding carboxylic acids is 5. The van der Waals surface area contributed by atoms with E-state index < -0.39 is 113 Å². The molecule has 22 heteroatoms. The molecule has 2 spiro atoms. The van der Waals surface area contributed by atoms with Gasteiger partial charge in [0.1, 0.15) is 29.2 Å². The summed E-state index contributed by atoms with van der Waals surface area (Å²) < 4.78 is 29.5. The van der Waals surface area contributed by atoms with Crippen molar-refractivity contribution in [2.45, 2.75) is 148 Å². The maximum absolute atomic E-state index is 13.4. The van der Waals surface area contributed by atoms with Crippen LogP contribution < -0.4 is 20.1 Å². The van der Waals surface area contributed by atoms with Crippen LogP contribution in [0.15, 0.2) is 109 Å².